The molecule has 0 saturated carbocycles. The van der Waals surface area contributed by atoms with Crippen LogP contribution in [0, 0.1) is 0 Å². The van der Waals surface area contributed by atoms with Gasteiger partial charge in [-0.05, 0) is 22.9 Å². The first-order valence-corrected chi connectivity index (χ1v) is 5.34. The fourth-order valence-electron chi connectivity index (χ4n) is 1.56. The third-order valence-corrected chi connectivity index (χ3v) is 2.47. The average molecular weight is 234 g/mol. The van der Waals surface area contributed by atoms with Crippen LogP contribution in [0.4, 0.5) is 0 Å². The van der Waals surface area contributed by atoms with Gasteiger partial charge < -0.3 is 20.1 Å². The average Bonchev–Trinajstić information content (AvgIpc) is 2.35. The van der Waals surface area contributed by atoms with E-state index in [1.807, 2.05) is 24.3 Å². The fraction of sp³-hybridized carbons (Fsp3) is 0.231. The van der Waals surface area contributed by atoms with Crippen LogP contribution in [0.5, 0.6) is 11.5 Å². The van der Waals surface area contributed by atoms with Crippen molar-refractivity contribution >= 4 is 10.8 Å². The normalized spacial score (nSPS) is 12.6. The van der Waals surface area contributed by atoms with Crippen molar-refractivity contribution in [1.82, 2.24) is 0 Å². The van der Waals surface area contributed by atoms with E-state index in [0.717, 1.165) is 10.8 Å². The van der Waals surface area contributed by atoms with E-state index < -0.39 is 6.10 Å². The number of phenols is 1. The Kier molecular flexibility index (Phi) is 3.46. The zero-order valence-electron chi connectivity index (χ0n) is 9.21. The molecule has 90 valence electrons. The van der Waals surface area contributed by atoms with Gasteiger partial charge in [-0.15, -0.1) is 0 Å². The molecule has 4 nitrogen and oxygen atoms in total. The Morgan fingerprint density at radius 2 is 1.76 bits per heavy atom. The summed E-state index contributed by atoms with van der Waals surface area (Å²) in [6.45, 7) is -0.420. The monoisotopic (exact) mass is 234 g/mol. The molecule has 2 aromatic carbocycles. The first-order valence-electron chi connectivity index (χ1n) is 5.34. The molecule has 0 saturated heterocycles. The van der Waals surface area contributed by atoms with Crippen molar-refractivity contribution < 1.29 is 20.1 Å². The number of aliphatic hydroxyl groups excluding tert-OH is 2. The molecule has 0 amide bonds. The second-order valence-electron chi connectivity index (χ2n) is 3.81. The van der Waals surface area contributed by atoms with Gasteiger partial charge in [-0.1, -0.05) is 24.3 Å². The summed E-state index contributed by atoms with van der Waals surface area (Å²) in [6, 6.07) is 10.9. The molecule has 0 heterocycles. The van der Waals surface area contributed by atoms with Crippen molar-refractivity contribution in [2.75, 3.05) is 13.2 Å². The minimum absolute atomic E-state index is 0.0221. The molecule has 2 rings (SSSR count). The zero-order valence-corrected chi connectivity index (χ0v) is 9.21. The van der Waals surface area contributed by atoms with Gasteiger partial charge in [-0.2, -0.15) is 0 Å². The van der Waals surface area contributed by atoms with Crippen molar-refractivity contribution in [2.24, 2.45) is 0 Å². The number of fused-ring (bicyclic) bond motifs is 1. The molecular weight excluding hydrogens is 220 g/mol. The van der Waals surface area contributed by atoms with Crippen molar-refractivity contribution in [3.05, 3.63) is 36.4 Å². The van der Waals surface area contributed by atoms with Gasteiger partial charge in [-0.25, -0.2) is 0 Å². The fourth-order valence-corrected chi connectivity index (χ4v) is 1.56. The van der Waals surface area contributed by atoms with Crippen molar-refractivity contribution in [2.45, 2.75) is 6.10 Å². The highest BCUT2D eigenvalue weighted by Gasteiger charge is 2.08. The quantitative estimate of drug-likeness (QED) is 0.745. The number of ether oxygens (including phenoxy) is 1. The minimum atomic E-state index is -0.944. The summed E-state index contributed by atoms with van der Waals surface area (Å²) in [4.78, 5) is 0. The Morgan fingerprint density at radius 3 is 2.41 bits per heavy atom. The maximum absolute atomic E-state index is 9.72. The molecule has 0 radical (unpaired) electrons. The van der Waals surface area contributed by atoms with Crippen LogP contribution in [0.1, 0.15) is 0 Å². The number of hydrogen-bond acceptors (Lipinski definition) is 4. The van der Waals surface area contributed by atoms with E-state index in [-0.39, 0.29) is 19.0 Å². The lowest BCUT2D eigenvalue weighted by Crippen LogP contribution is -2.21. The third kappa shape index (κ3) is 2.67. The molecule has 0 bridgehead atoms. The summed E-state index contributed by atoms with van der Waals surface area (Å²) in [5, 5.41) is 29.4. The summed E-state index contributed by atoms with van der Waals surface area (Å²) in [7, 11) is 0. The maximum atomic E-state index is 9.72. The summed E-state index contributed by atoms with van der Waals surface area (Å²) in [5.41, 5.74) is 0. The first kappa shape index (κ1) is 11.7. The lowest BCUT2D eigenvalue weighted by atomic mass is 10.1. The van der Waals surface area contributed by atoms with E-state index in [1.165, 1.54) is 0 Å². The Hall–Kier alpha value is -1.78. The lowest BCUT2D eigenvalue weighted by Gasteiger charge is -2.11. The molecule has 17 heavy (non-hydrogen) atoms. The molecule has 0 aromatic heterocycles. The summed E-state index contributed by atoms with van der Waals surface area (Å²) in [5.74, 6) is 0.324. The van der Waals surface area contributed by atoms with Crippen LogP contribution >= 0.6 is 0 Å². The highest BCUT2D eigenvalue weighted by Crippen LogP contribution is 2.31. The van der Waals surface area contributed by atoms with Crippen molar-refractivity contribution in [3.8, 4) is 11.5 Å². The van der Waals surface area contributed by atoms with Gasteiger partial charge in [0, 0.05) is 0 Å². The van der Waals surface area contributed by atoms with E-state index >= 15 is 0 Å². The molecule has 0 aliphatic carbocycles. The number of benzene rings is 2. The second kappa shape index (κ2) is 5.03. The van der Waals surface area contributed by atoms with Gasteiger partial charge in [0.05, 0.1) is 6.61 Å². The van der Waals surface area contributed by atoms with Crippen LogP contribution in [0.25, 0.3) is 10.8 Å². The van der Waals surface area contributed by atoms with Gasteiger partial charge in [0.2, 0.25) is 0 Å². The van der Waals surface area contributed by atoms with Crippen LogP contribution in [0.2, 0.25) is 0 Å². The molecule has 2 aromatic rings. The molecule has 0 aliphatic heterocycles. The SMILES string of the molecule is OCC(O)COc1cc2ccccc2cc1O. The van der Waals surface area contributed by atoms with E-state index in [4.69, 9.17) is 14.9 Å². The first-order chi connectivity index (χ1) is 8.20. The Morgan fingerprint density at radius 1 is 1.12 bits per heavy atom. The largest absolute Gasteiger partial charge is 0.504 e. The van der Waals surface area contributed by atoms with E-state index in [0.29, 0.717) is 5.75 Å². The van der Waals surface area contributed by atoms with Gasteiger partial charge in [-0.3, -0.25) is 0 Å². The topological polar surface area (TPSA) is 69.9 Å². The third-order valence-electron chi connectivity index (χ3n) is 2.47. The van der Waals surface area contributed by atoms with E-state index in [2.05, 4.69) is 0 Å². The van der Waals surface area contributed by atoms with Crippen LogP contribution in [-0.2, 0) is 0 Å². The molecule has 1 unspecified atom stereocenters. The smallest absolute Gasteiger partial charge is 0.161 e. The predicted molar refractivity (Wildman–Crippen MR) is 64.2 cm³/mol. The second-order valence-corrected chi connectivity index (χ2v) is 3.81. The highest BCUT2D eigenvalue weighted by atomic mass is 16.5. The van der Waals surface area contributed by atoms with E-state index in [1.54, 1.807) is 12.1 Å². The van der Waals surface area contributed by atoms with Crippen LogP contribution in [-0.4, -0.2) is 34.6 Å². The van der Waals surface area contributed by atoms with Gasteiger partial charge in [0.15, 0.2) is 11.5 Å². The summed E-state index contributed by atoms with van der Waals surface area (Å²) in [6.07, 6.45) is -0.944. The number of aromatic hydroxyl groups is 1. The molecule has 0 spiro atoms. The number of rotatable bonds is 4. The zero-order chi connectivity index (χ0) is 12.3. The van der Waals surface area contributed by atoms with Crippen molar-refractivity contribution in [3.63, 3.8) is 0 Å². The lowest BCUT2D eigenvalue weighted by molar-refractivity contribution is 0.0528. The van der Waals surface area contributed by atoms with Crippen molar-refractivity contribution in [1.29, 1.82) is 0 Å². The number of aliphatic hydroxyl groups is 2. The molecule has 1 atom stereocenters. The molecule has 0 fully saturated rings. The van der Waals surface area contributed by atoms with Gasteiger partial charge in [0.1, 0.15) is 12.7 Å². The highest BCUT2D eigenvalue weighted by molar-refractivity contribution is 5.85. The molecule has 4 heteroatoms. The summed E-state index contributed by atoms with van der Waals surface area (Å²) >= 11 is 0. The Bertz CT molecular complexity index is 510. The number of phenolic OH excluding ortho intramolecular Hbond substituents is 1. The van der Waals surface area contributed by atoms with E-state index in [9.17, 15) is 5.11 Å². The summed E-state index contributed by atoms with van der Waals surface area (Å²) < 4.78 is 5.24. The standard InChI is InChI=1S/C13H14O4/c14-7-11(15)8-17-13-6-10-4-2-1-3-9(10)5-12(13)16/h1-6,11,14-16H,7-8H2. The van der Waals surface area contributed by atoms with Crippen LogP contribution in [0.3, 0.4) is 0 Å². The van der Waals surface area contributed by atoms with Crippen LogP contribution in [0.15, 0.2) is 36.4 Å². The molecule has 3 N–H and O–H groups in total. The maximum Gasteiger partial charge on any atom is 0.161 e. The Labute approximate surface area is 98.7 Å². The van der Waals surface area contributed by atoms with Gasteiger partial charge >= 0.3 is 0 Å². The van der Waals surface area contributed by atoms with Crippen LogP contribution < -0.4 is 4.74 Å². The molecular formula is C13H14O4. The minimum Gasteiger partial charge on any atom is -0.504 e. The number of hydrogen-bond donors (Lipinski definition) is 3. The molecule has 0 aliphatic rings. The Balaban J connectivity index is 2.25. The predicted octanol–water partition coefficient (Wildman–Crippen LogP) is 1.28. The van der Waals surface area contributed by atoms with Gasteiger partial charge in [0.25, 0.3) is 0 Å².